The van der Waals surface area contributed by atoms with E-state index in [0.29, 0.717) is 18.0 Å². The molecule has 0 aliphatic heterocycles. The molecule has 0 amide bonds. The molecule has 136 valence electrons. The van der Waals surface area contributed by atoms with E-state index < -0.39 is 0 Å². The van der Waals surface area contributed by atoms with E-state index in [4.69, 9.17) is 9.15 Å². The van der Waals surface area contributed by atoms with Crippen LogP contribution in [0.2, 0.25) is 0 Å². The van der Waals surface area contributed by atoms with Crippen LogP contribution in [0.25, 0.3) is 11.5 Å². The Morgan fingerprint density at radius 2 is 1.92 bits per heavy atom. The summed E-state index contributed by atoms with van der Waals surface area (Å²) in [4.78, 5) is 6.77. The first-order chi connectivity index (χ1) is 12.5. The van der Waals surface area contributed by atoms with Crippen LogP contribution in [0.3, 0.4) is 0 Å². The van der Waals surface area contributed by atoms with Crippen molar-refractivity contribution < 1.29 is 13.5 Å². The summed E-state index contributed by atoms with van der Waals surface area (Å²) in [5.41, 5.74) is 2.69. The van der Waals surface area contributed by atoms with Gasteiger partial charge in [0.2, 0.25) is 5.89 Å². The molecule has 5 heteroatoms. The standard InChI is InChI=1S/C21H23FN2O2/c1-14(16-8-10-19(25-4)11-9-16)24(3)13-20-15(2)26-21(23-20)17-6-5-7-18(22)12-17/h5-12,14H,13H2,1-4H3. The van der Waals surface area contributed by atoms with Gasteiger partial charge in [0.1, 0.15) is 17.3 Å². The summed E-state index contributed by atoms with van der Waals surface area (Å²) in [6, 6.07) is 14.5. The average molecular weight is 354 g/mol. The van der Waals surface area contributed by atoms with Crippen molar-refractivity contribution in [1.29, 1.82) is 0 Å². The first-order valence-corrected chi connectivity index (χ1v) is 8.54. The topological polar surface area (TPSA) is 38.5 Å². The van der Waals surface area contributed by atoms with Gasteiger partial charge in [-0.15, -0.1) is 0 Å². The fraction of sp³-hybridized carbons (Fsp3) is 0.286. The van der Waals surface area contributed by atoms with Crippen molar-refractivity contribution in [2.75, 3.05) is 14.2 Å². The minimum atomic E-state index is -0.301. The molecular weight excluding hydrogens is 331 g/mol. The first kappa shape index (κ1) is 18.1. The molecule has 1 unspecified atom stereocenters. The lowest BCUT2D eigenvalue weighted by Gasteiger charge is -2.24. The van der Waals surface area contributed by atoms with Crippen molar-refractivity contribution in [1.82, 2.24) is 9.88 Å². The molecule has 0 radical (unpaired) electrons. The molecule has 3 aromatic rings. The second-order valence-corrected chi connectivity index (χ2v) is 6.40. The zero-order valence-corrected chi connectivity index (χ0v) is 15.5. The highest BCUT2D eigenvalue weighted by Crippen LogP contribution is 2.26. The molecule has 1 atom stereocenters. The normalized spacial score (nSPS) is 12.4. The summed E-state index contributed by atoms with van der Waals surface area (Å²) in [6.45, 7) is 4.67. The van der Waals surface area contributed by atoms with Gasteiger partial charge in [-0.25, -0.2) is 9.37 Å². The van der Waals surface area contributed by atoms with Crippen molar-refractivity contribution >= 4 is 0 Å². The fourth-order valence-electron chi connectivity index (χ4n) is 2.83. The Morgan fingerprint density at radius 1 is 1.19 bits per heavy atom. The van der Waals surface area contributed by atoms with Crippen LogP contribution in [0.5, 0.6) is 5.75 Å². The Kier molecular flexibility index (Phi) is 5.38. The molecule has 0 aliphatic rings. The number of hydrogen-bond donors (Lipinski definition) is 0. The molecule has 0 fully saturated rings. The predicted molar refractivity (Wildman–Crippen MR) is 99.5 cm³/mol. The Balaban J connectivity index is 1.75. The van der Waals surface area contributed by atoms with E-state index in [9.17, 15) is 4.39 Å². The van der Waals surface area contributed by atoms with Crippen LogP contribution in [-0.2, 0) is 6.54 Å². The highest BCUT2D eigenvalue weighted by molar-refractivity contribution is 5.53. The molecule has 1 heterocycles. The van der Waals surface area contributed by atoms with E-state index in [1.165, 1.54) is 17.7 Å². The van der Waals surface area contributed by atoms with Gasteiger partial charge in [-0.05, 0) is 56.8 Å². The van der Waals surface area contributed by atoms with Gasteiger partial charge in [-0.3, -0.25) is 4.90 Å². The third kappa shape index (κ3) is 3.94. The summed E-state index contributed by atoms with van der Waals surface area (Å²) in [6.07, 6.45) is 0. The van der Waals surface area contributed by atoms with Crippen molar-refractivity contribution in [3.63, 3.8) is 0 Å². The molecule has 0 spiro atoms. The maximum Gasteiger partial charge on any atom is 0.226 e. The first-order valence-electron chi connectivity index (χ1n) is 8.54. The van der Waals surface area contributed by atoms with Crippen LogP contribution in [-0.4, -0.2) is 24.0 Å². The third-order valence-electron chi connectivity index (χ3n) is 4.62. The maximum atomic E-state index is 13.4. The van der Waals surface area contributed by atoms with Crippen LogP contribution in [0.1, 0.15) is 30.0 Å². The Hall–Kier alpha value is -2.66. The van der Waals surface area contributed by atoms with Crippen LogP contribution < -0.4 is 4.74 Å². The molecule has 0 saturated heterocycles. The number of hydrogen-bond acceptors (Lipinski definition) is 4. The van der Waals surface area contributed by atoms with Crippen molar-refractivity contribution in [2.45, 2.75) is 26.4 Å². The molecule has 0 bridgehead atoms. The number of aryl methyl sites for hydroxylation is 1. The quantitative estimate of drug-likeness (QED) is 0.625. The van der Waals surface area contributed by atoms with Gasteiger partial charge in [0.15, 0.2) is 0 Å². The molecule has 0 aliphatic carbocycles. The van der Waals surface area contributed by atoms with Gasteiger partial charge in [-0.1, -0.05) is 18.2 Å². The molecule has 0 saturated carbocycles. The van der Waals surface area contributed by atoms with E-state index >= 15 is 0 Å². The van der Waals surface area contributed by atoms with Gasteiger partial charge < -0.3 is 9.15 Å². The van der Waals surface area contributed by atoms with E-state index in [0.717, 1.165) is 17.2 Å². The lowest BCUT2D eigenvalue weighted by atomic mass is 10.1. The summed E-state index contributed by atoms with van der Waals surface area (Å²) < 4.78 is 24.4. The van der Waals surface area contributed by atoms with E-state index in [1.54, 1.807) is 19.2 Å². The number of rotatable bonds is 6. The van der Waals surface area contributed by atoms with Crippen molar-refractivity contribution in [2.24, 2.45) is 0 Å². The van der Waals surface area contributed by atoms with Crippen molar-refractivity contribution in [3.8, 4) is 17.2 Å². The minimum absolute atomic E-state index is 0.203. The highest BCUT2D eigenvalue weighted by Gasteiger charge is 2.17. The van der Waals surface area contributed by atoms with Gasteiger partial charge >= 0.3 is 0 Å². The SMILES string of the molecule is COc1ccc(C(C)N(C)Cc2nc(-c3cccc(F)c3)oc2C)cc1. The molecule has 3 rings (SSSR count). The van der Waals surface area contributed by atoms with Crippen molar-refractivity contribution in [3.05, 3.63) is 71.4 Å². The Morgan fingerprint density at radius 3 is 2.58 bits per heavy atom. The Labute approximate surface area is 153 Å². The van der Waals surface area contributed by atoms with Crippen LogP contribution >= 0.6 is 0 Å². The van der Waals surface area contributed by atoms with E-state index in [2.05, 4.69) is 28.9 Å². The lowest BCUT2D eigenvalue weighted by Crippen LogP contribution is -2.22. The second kappa shape index (κ2) is 7.70. The molecule has 4 nitrogen and oxygen atoms in total. The maximum absolute atomic E-state index is 13.4. The van der Waals surface area contributed by atoms with E-state index in [1.807, 2.05) is 26.1 Å². The largest absolute Gasteiger partial charge is 0.497 e. The number of methoxy groups -OCH3 is 1. The molecular formula is C21H23FN2O2. The zero-order valence-electron chi connectivity index (χ0n) is 15.5. The monoisotopic (exact) mass is 354 g/mol. The second-order valence-electron chi connectivity index (χ2n) is 6.40. The molecule has 0 N–H and O–H groups in total. The van der Waals surface area contributed by atoms with Gasteiger partial charge in [0, 0.05) is 18.2 Å². The molecule has 1 aromatic heterocycles. The average Bonchev–Trinajstić information content (AvgIpc) is 3.01. The number of halogens is 1. The van der Waals surface area contributed by atoms with Gasteiger partial charge in [-0.2, -0.15) is 0 Å². The number of aromatic nitrogens is 1. The third-order valence-corrected chi connectivity index (χ3v) is 4.62. The zero-order chi connectivity index (χ0) is 18.7. The summed E-state index contributed by atoms with van der Waals surface area (Å²) in [5, 5.41) is 0. The molecule has 2 aromatic carbocycles. The smallest absolute Gasteiger partial charge is 0.226 e. The number of nitrogens with zero attached hydrogens (tertiary/aromatic N) is 2. The van der Waals surface area contributed by atoms with Crippen LogP contribution in [0.4, 0.5) is 4.39 Å². The van der Waals surface area contributed by atoms with Crippen LogP contribution in [0.15, 0.2) is 52.9 Å². The summed E-state index contributed by atoms with van der Waals surface area (Å²) in [5.74, 6) is 1.74. The Bertz CT molecular complexity index is 874. The number of ether oxygens (including phenoxy) is 1. The number of benzene rings is 2. The van der Waals surface area contributed by atoms with E-state index in [-0.39, 0.29) is 11.9 Å². The predicted octanol–water partition coefficient (Wildman–Crippen LogP) is 4.99. The lowest BCUT2D eigenvalue weighted by molar-refractivity contribution is 0.249. The summed E-state index contributed by atoms with van der Waals surface area (Å²) >= 11 is 0. The van der Waals surface area contributed by atoms with Gasteiger partial charge in [0.05, 0.1) is 12.8 Å². The fourth-order valence-corrected chi connectivity index (χ4v) is 2.83. The number of oxazole rings is 1. The highest BCUT2D eigenvalue weighted by atomic mass is 19.1. The minimum Gasteiger partial charge on any atom is -0.497 e. The molecule has 26 heavy (non-hydrogen) atoms. The summed E-state index contributed by atoms with van der Waals surface area (Å²) in [7, 11) is 3.71. The van der Waals surface area contributed by atoms with Gasteiger partial charge in [0.25, 0.3) is 0 Å². The van der Waals surface area contributed by atoms with Crippen LogP contribution in [0, 0.1) is 12.7 Å².